The highest BCUT2D eigenvalue weighted by atomic mass is 16.1. The van der Waals surface area contributed by atoms with E-state index >= 15 is 0 Å². The van der Waals surface area contributed by atoms with Gasteiger partial charge in [-0.1, -0.05) is 12.0 Å². The molecular weight excluding hydrogens is 176 g/mol. The second-order valence-corrected chi connectivity index (χ2v) is 2.96. The van der Waals surface area contributed by atoms with Crippen LogP contribution >= 0.6 is 0 Å². The van der Waals surface area contributed by atoms with Gasteiger partial charge in [-0.05, 0) is 17.7 Å². The SMILES string of the molecule is N#CC#Cc1ccc2c(c1)NC(=O)C2. The second kappa shape index (κ2) is 3.24. The molecule has 0 saturated heterocycles. The van der Waals surface area contributed by atoms with Crippen LogP contribution in [0, 0.1) is 23.2 Å². The van der Waals surface area contributed by atoms with Crippen molar-refractivity contribution in [3.8, 4) is 17.9 Å². The molecule has 1 N–H and O–H groups in total. The Kier molecular flexibility index (Phi) is 1.93. The van der Waals surface area contributed by atoms with Crippen LogP contribution in [0.4, 0.5) is 5.69 Å². The standard InChI is InChI=1S/C11H6N2O/c12-5-1-2-8-3-4-9-7-11(14)13-10(9)6-8/h3-4,6H,7H2,(H,13,14). The third-order valence-corrected chi connectivity index (χ3v) is 2.00. The first kappa shape index (κ1) is 8.34. The van der Waals surface area contributed by atoms with Gasteiger partial charge in [-0.2, -0.15) is 5.26 Å². The molecule has 1 amide bonds. The normalized spacial score (nSPS) is 12.1. The van der Waals surface area contributed by atoms with E-state index in [0.717, 1.165) is 16.8 Å². The minimum Gasteiger partial charge on any atom is -0.325 e. The van der Waals surface area contributed by atoms with Crippen molar-refractivity contribution in [2.45, 2.75) is 6.42 Å². The summed E-state index contributed by atoms with van der Waals surface area (Å²) in [6.07, 6.45) is 0.432. The molecule has 0 saturated carbocycles. The number of nitrogens with zero attached hydrogens (tertiary/aromatic N) is 1. The highest BCUT2D eigenvalue weighted by molar-refractivity contribution is 5.99. The van der Waals surface area contributed by atoms with E-state index in [-0.39, 0.29) is 5.91 Å². The number of fused-ring (bicyclic) bond motifs is 1. The van der Waals surface area contributed by atoms with E-state index in [9.17, 15) is 4.79 Å². The predicted molar refractivity (Wildman–Crippen MR) is 51.3 cm³/mol. The zero-order chi connectivity index (χ0) is 9.97. The third kappa shape index (κ3) is 1.44. The van der Waals surface area contributed by atoms with E-state index in [2.05, 4.69) is 17.2 Å². The molecule has 3 heteroatoms. The van der Waals surface area contributed by atoms with Crippen LogP contribution in [0.15, 0.2) is 18.2 Å². The number of carbonyl (C=O) groups excluding carboxylic acids is 1. The number of nitriles is 1. The van der Waals surface area contributed by atoms with Crippen LogP contribution in [-0.4, -0.2) is 5.91 Å². The molecule has 2 rings (SSSR count). The zero-order valence-electron chi connectivity index (χ0n) is 7.29. The minimum atomic E-state index is 0.00499. The molecule has 0 aliphatic carbocycles. The fourth-order valence-corrected chi connectivity index (χ4v) is 1.39. The first-order valence-electron chi connectivity index (χ1n) is 4.12. The second-order valence-electron chi connectivity index (χ2n) is 2.96. The highest BCUT2D eigenvalue weighted by Crippen LogP contribution is 2.23. The van der Waals surface area contributed by atoms with Crippen LogP contribution < -0.4 is 5.32 Å². The molecule has 14 heavy (non-hydrogen) atoms. The third-order valence-electron chi connectivity index (χ3n) is 2.00. The van der Waals surface area contributed by atoms with Crippen LogP contribution in [-0.2, 0) is 11.2 Å². The molecule has 0 spiro atoms. The Morgan fingerprint density at radius 3 is 3.07 bits per heavy atom. The molecule has 1 aromatic carbocycles. The first-order chi connectivity index (χ1) is 6.79. The lowest BCUT2D eigenvalue weighted by molar-refractivity contribution is -0.115. The smallest absolute Gasteiger partial charge is 0.228 e. The van der Waals surface area contributed by atoms with E-state index in [1.165, 1.54) is 0 Å². The van der Waals surface area contributed by atoms with Gasteiger partial charge in [-0.25, -0.2) is 0 Å². The maximum atomic E-state index is 11.0. The maximum Gasteiger partial charge on any atom is 0.228 e. The van der Waals surface area contributed by atoms with Crippen LogP contribution in [0.3, 0.4) is 0 Å². The van der Waals surface area contributed by atoms with Crippen molar-refractivity contribution in [3.63, 3.8) is 0 Å². The van der Waals surface area contributed by atoms with Crippen LogP contribution in [0.5, 0.6) is 0 Å². The minimum absolute atomic E-state index is 0.00499. The lowest BCUT2D eigenvalue weighted by atomic mass is 10.1. The number of anilines is 1. The summed E-state index contributed by atoms with van der Waals surface area (Å²) in [7, 11) is 0. The van der Waals surface area contributed by atoms with Gasteiger partial charge in [0.05, 0.1) is 6.42 Å². The van der Waals surface area contributed by atoms with Gasteiger partial charge in [0.25, 0.3) is 0 Å². The number of benzene rings is 1. The van der Waals surface area contributed by atoms with Crippen molar-refractivity contribution >= 4 is 11.6 Å². The summed E-state index contributed by atoms with van der Waals surface area (Å²) in [4.78, 5) is 11.0. The molecular formula is C11H6N2O. The molecule has 0 radical (unpaired) electrons. The predicted octanol–water partition coefficient (Wildman–Crippen LogP) is 1.06. The number of hydrogen-bond donors (Lipinski definition) is 1. The lowest BCUT2D eigenvalue weighted by Crippen LogP contribution is -2.03. The van der Waals surface area contributed by atoms with Gasteiger partial charge >= 0.3 is 0 Å². The molecule has 0 bridgehead atoms. The van der Waals surface area contributed by atoms with E-state index in [0.29, 0.717) is 6.42 Å². The van der Waals surface area contributed by atoms with E-state index in [1.807, 2.05) is 12.1 Å². The van der Waals surface area contributed by atoms with Gasteiger partial charge in [0.1, 0.15) is 0 Å². The summed E-state index contributed by atoms with van der Waals surface area (Å²) in [5.74, 6) is 4.99. The summed E-state index contributed by atoms with van der Waals surface area (Å²) in [5.41, 5.74) is 2.53. The van der Waals surface area contributed by atoms with Crippen molar-refractivity contribution in [1.29, 1.82) is 5.26 Å². The average molecular weight is 182 g/mol. The monoisotopic (exact) mass is 182 g/mol. The molecule has 1 aliphatic rings. The Morgan fingerprint density at radius 2 is 2.29 bits per heavy atom. The topological polar surface area (TPSA) is 52.9 Å². The molecule has 1 heterocycles. The summed E-state index contributed by atoms with van der Waals surface area (Å²) < 4.78 is 0. The van der Waals surface area contributed by atoms with Crippen LogP contribution in [0.1, 0.15) is 11.1 Å². The van der Waals surface area contributed by atoms with Crippen LogP contribution in [0.2, 0.25) is 0 Å². The fraction of sp³-hybridized carbons (Fsp3) is 0.0909. The highest BCUT2D eigenvalue weighted by Gasteiger charge is 2.16. The van der Waals surface area contributed by atoms with Gasteiger partial charge in [-0.3, -0.25) is 4.79 Å². The number of rotatable bonds is 0. The Hall–Kier alpha value is -2.26. The molecule has 0 unspecified atom stereocenters. The number of nitrogens with one attached hydrogen (secondary N) is 1. The van der Waals surface area contributed by atoms with Crippen molar-refractivity contribution in [2.75, 3.05) is 5.32 Å². The molecule has 0 atom stereocenters. The number of amides is 1. The van der Waals surface area contributed by atoms with Crippen LogP contribution in [0.25, 0.3) is 0 Å². The summed E-state index contributed by atoms with van der Waals surface area (Å²) in [5, 5.41) is 11.0. The van der Waals surface area contributed by atoms with Gasteiger partial charge in [0, 0.05) is 17.2 Å². The first-order valence-corrected chi connectivity index (χ1v) is 4.12. The van der Waals surface area contributed by atoms with Crippen molar-refractivity contribution in [3.05, 3.63) is 29.3 Å². The van der Waals surface area contributed by atoms with Gasteiger partial charge in [0.2, 0.25) is 5.91 Å². The van der Waals surface area contributed by atoms with Gasteiger partial charge in [-0.15, -0.1) is 0 Å². The van der Waals surface area contributed by atoms with Gasteiger partial charge in [0.15, 0.2) is 6.07 Å². The quantitative estimate of drug-likeness (QED) is 0.610. The molecule has 0 aromatic heterocycles. The van der Waals surface area contributed by atoms with E-state index in [1.54, 1.807) is 12.1 Å². The molecule has 1 aliphatic heterocycles. The number of carbonyl (C=O) groups is 1. The zero-order valence-corrected chi connectivity index (χ0v) is 7.29. The molecule has 3 nitrogen and oxygen atoms in total. The van der Waals surface area contributed by atoms with Gasteiger partial charge < -0.3 is 5.32 Å². The molecule has 0 fully saturated rings. The van der Waals surface area contributed by atoms with E-state index < -0.39 is 0 Å². The Balaban J connectivity index is 2.39. The summed E-state index contributed by atoms with van der Waals surface area (Å²) >= 11 is 0. The number of hydrogen-bond acceptors (Lipinski definition) is 2. The van der Waals surface area contributed by atoms with Crippen molar-refractivity contribution in [1.82, 2.24) is 0 Å². The van der Waals surface area contributed by atoms with E-state index in [4.69, 9.17) is 5.26 Å². The van der Waals surface area contributed by atoms with Crippen molar-refractivity contribution in [2.24, 2.45) is 0 Å². The lowest BCUT2D eigenvalue weighted by Gasteiger charge is -1.97. The van der Waals surface area contributed by atoms with Crippen molar-refractivity contribution < 1.29 is 4.79 Å². The largest absolute Gasteiger partial charge is 0.325 e. The average Bonchev–Trinajstić information content (AvgIpc) is 2.54. The maximum absolute atomic E-state index is 11.0. The molecule has 66 valence electrons. The Morgan fingerprint density at radius 1 is 1.43 bits per heavy atom. The Labute approximate surface area is 81.4 Å². The molecule has 1 aromatic rings. The Bertz CT molecular complexity index is 500. The fourth-order valence-electron chi connectivity index (χ4n) is 1.39. The summed E-state index contributed by atoms with van der Waals surface area (Å²) in [6, 6.07) is 7.19. The summed E-state index contributed by atoms with van der Waals surface area (Å²) in [6.45, 7) is 0.